The highest BCUT2D eigenvalue weighted by atomic mass is 16.5. The van der Waals surface area contributed by atoms with Crippen molar-refractivity contribution in [1.82, 2.24) is 0 Å². The van der Waals surface area contributed by atoms with Crippen LogP contribution in [-0.2, 0) is 14.4 Å². The van der Waals surface area contributed by atoms with Gasteiger partial charge in [-0.1, -0.05) is 36.4 Å². The third-order valence-corrected chi connectivity index (χ3v) is 4.72. The Bertz CT molecular complexity index is 1290. The summed E-state index contributed by atoms with van der Waals surface area (Å²) in [5.41, 5.74) is 0.552. The minimum atomic E-state index is -1.13. The summed E-state index contributed by atoms with van der Waals surface area (Å²) in [5, 5.41) is 8.84. The number of carboxylic acids is 1. The highest BCUT2D eigenvalue weighted by molar-refractivity contribution is 6.27. The first kappa shape index (κ1) is 25.6. The molecular formula is C27H21NO8. The zero-order valence-corrected chi connectivity index (χ0v) is 19.3. The van der Waals surface area contributed by atoms with E-state index in [1.54, 1.807) is 24.3 Å². The number of carbonyl (C=O) groups is 5. The minimum absolute atomic E-state index is 0.0397. The molecule has 36 heavy (non-hydrogen) atoms. The summed E-state index contributed by atoms with van der Waals surface area (Å²) in [6.07, 6.45) is 2.31. The first-order valence-corrected chi connectivity index (χ1v) is 10.6. The number of nitrogens with zero attached hydrogens (tertiary/aromatic N) is 1. The van der Waals surface area contributed by atoms with Gasteiger partial charge in [0.2, 0.25) is 0 Å². The van der Waals surface area contributed by atoms with E-state index in [1.807, 2.05) is 0 Å². The predicted molar refractivity (Wildman–Crippen MR) is 130 cm³/mol. The number of hydrogen-bond acceptors (Lipinski definition) is 7. The number of ether oxygens (including phenoxy) is 2. The van der Waals surface area contributed by atoms with Crippen LogP contribution in [0.3, 0.4) is 0 Å². The fourth-order valence-electron chi connectivity index (χ4n) is 3.24. The van der Waals surface area contributed by atoms with Crippen molar-refractivity contribution in [1.29, 1.82) is 0 Å². The summed E-state index contributed by atoms with van der Waals surface area (Å²) < 4.78 is 10.3. The van der Waals surface area contributed by atoms with Crippen LogP contribution >= 0.6 is 0 Å². The second-order valence-corrected chi connectivity index (χ2v) is 7.39. The van der Waals surface area contributed by atoms with Gasteiger partial charge in [-0.2, -0.15) is 0 Å². The van der Waals surface area contributed by atoms with E-state index >= 15 is 0 Å². The summed E-state index contributed by atoms with van der Waals surface area (Å²) >= 11 is 0. The van der Waals surface area contributed by atoms with Crippen LogP contribution in [0.4, 0.5) is 5.69 Å². The molecule has 0 aliphatic carbocycles. The third-order valence-electron chi connectivity index (χ3n) is 4.72. The second-order valence-electron chi connectivity index (χ2n) is 7.39. The van der Waals surface area contributed by atoms with Crippen molar-refractivity contribution in [2.75, 3.05) is 4.90 Å². The van der Waals surface area contributed by atoms with Crippen LogP contribution in [0.2, 0.25) is 0 Å². The number of aliphatic carboxylic acids is 1. The molecule has 3 rings (SSSR count). The van der Waals surface area contributed by atoms with Crippen molar-refractivity contribution in [2.24, 2.45) is 0 Å². The van der Waals surface area contributed by atoms with Gasteiger partial charge >= 0.3 is 17.9 Å². The van der Waals surface area contributed by atoms with Crippen LogP contribution in [0.15, 0.2) is 78.9 Å². The van der Waals surface area contributed by atoms with Gasteiger partial charge in [0.05, 0.1) is 16.8 Å². The fraction of sp³-hybridized carbons (Fsp3) is 0.0741. The first-order valence-electron chi connectivity index (χ1n) is 10.6. The quantitative estimate of drug-likeness (QED) is 0.228. The number of carbonyl (C=O) groups excluding carboxylic acids is 4. The lowest BCUT2D eigenvalue weighted by Crippen LogP contribution is -2.37. The monoisotopic (exact) mass is 487 g/mol. The van der Waals surface area contributed by atoms with Crippen LogP contribution in [-0.4, -0.2) is 34.8 Å². The minimum Gasteiger partial charge on any atom is -0.478 e. The molecular weight excluding hydrogens is 466 g/mol. The first-order chi connectivity index (χ1) is 17.2. The average molecular weight is 487 g/mol. The molecule has 2 amide bonds. The van der Waals surface area contributed by atoms with Crippen LogP contribution in [0.1, 0.15) is 40.1 Å². The van der Waals surface area contributed by atoms with Gasteiger partial charge < -0.3 is 14.6 Å². The van der Waals surface area contributed by atoms with Crippen LogP contribution in [0.5, 0.6) is 11.5 Å². The molecule has 0 spiro atoms. The van der Waals surface area contributed by atoms with Crippen LogP contribution in [0, 0.1) is 0 Å². The van der Waals surface area contributed by atoms with E-state index in [9.17, 15) is 24.0 Å². The van der Waals surface area contributed by atoms with Gasteiger partial charge in [-0.3, -0.25) is 19.2 Å². The SMILES string of the molecule is CC(=O)Oc1ccccc1C(=O)N(C(=O)c1ccccc1OC(C)=O)c1ccc(/C=C/C(=O)O)cc1. The van der Waals surface area contributed by atoms with Crippen molar-refractivity contribution in [3.63, 3.8) is 0 Å². The van der Waals surface area contributed by atoms with Crippen LogP contribution in [0.25, 0.3) is 6.08 Å². The van der Waals surface area contributed by atoms with E-state index in [1.165, 1.54) is 68.5 Å². The van der Waals surface area contributed by atoms with E-state index in [4.69, 9.17) is 14.6 Å². The molecule has 0 bridgehead atoms. The Morgan fingerprint density at radius 1 is 0.694 bits per heavy atom. The summed E-state index contributed by atoms with van der Waals surface area (Å²) in [4.78, 5) is 62.2. The molecule has 182 valence electrons. The Balaban J connectivity index is 2.13. The van der Waals surface area contributed by atoms with Gasteiger partial charge in [-0.15, -0.1) is 0 Å². The molecule has 0 aromatic heterocycles. The van der Waals surface area contributed by atoms with Gasteiger partial charge in [0.15, 0.2) is 0 Å². The van der Waals surface area contributed by atoms with E-state index in [0.29, 0.717) is 5.56 Å². The Labute approximate surface area is 206 Å². The number of para-hydroxylation sites is 2. The maximum atomic E-state index is 13.7. The normalized spacial score (nSPS) is 10.5. The van der Waals surface area contributed by atoms with Crippen molar-refractivity contribution in [3.8, 4) is 11.5 Å². The lowest BCUT2D eigenvalue weighted by atomic mass is 10.1. The standard InChI is InChI=1S/C27H21NO8/c1-17(29)35-23-9-5-3-7-21(23)26(33)28(20-14-11-19(12-15-20)13-16-25(31)32)27(34)22-8-4-6-10-24(22)36-18(2)30/h3-16H,1-2H3,(H,31,32)/b16-13+. The molecule has 0 heterocycles. The second kappa shape index (κ2) is 11.4. The Hall–Kier alpha value is -5.05. The number of carboxylic acid groups (broad SMARTS) is 1. The summed E-state index contributed by atoms with van der Waals surface area (Å²) in [7, 11) is 0. The van der Waals surface area contributed by atoms with E-state index in [2.05, 4.69) is 0 Å². The topological polar surface area (TPSA) is 127 Å². The molecule has 0 radical (unpaired) electrons. The maximum Gasteiger partial charge on any atom is 0.328 e. The van der Waals surface area contributed by atoms with Gasteiger partial charge in [0.25, 0.3) is 11.8 Å². The highest BCUT2D eigenvalue weighted by Gasteiger charge is 2.30. The molecule has 9 heteroatoms. The molecule has 3 aromatic rings. The lowest BCUT2D eigenvalue weighted by Gasteiger charge is -2.23. The van der Waals surface area contributed by atoms with Gasteiger partial charge in [0.1, 0.15) is 11.5 Å². The molecule has 1 N–H and O–H groups in total. The Kier molecular flexibility index (Phi) is 8.09. The highest BCUT2D eigenvalue weighted by Crippen LogP contribution is 2.28. The number of amides is 2. The number of anilines is 1. The van der Waals surface area contributed by atoms with Gasteiger partial charge in [0, 0.05) is 19.9 Å². The van der Waals surface area contributed by atoms with E-state index in [0.717, 1.165) is 11.0 Å². The third kappa shape index (κ3) is 6.29. The molecule has 0 atom stereocenters. The fourth-order valence-corrected chi connectivity index (χ4v) is 3.24. The number of imide groups is 1. The van der Waals surface area contributed by atoms with Gasteiger partial charge in [-0.05, 0) is 48.0 Å². The molecule has 0 saturated carbocycles. The Morgan fingerprint density at radius 2 is 1.14 bits per heavy atom. The van der Waals surface area contributed by atoms with Crippen LogP contribution < -0.4 is 14.4 Å². The molecule has 0 aliphatic rings. The predicted octanol–water partition coefficient (Wildman–Crippen LogP) is 4.12. The molecule has 9 nitrogen and oxygen atoms in total. The summed E-state index contributed by atoms with van der Waals surface area (Å²) in [5.74, 6) is -4.11. The number of esters is 2. The maximum absolute atomic E-state index is 13.7. The Morgan fingerprint density at radius 3 is 1.56 bits per heavy atom. The molecule has 0 saturated heterocycles. The summed E-state index contributed by atoms with van der Waals surface area (Å²) in [6, 6.07) is 17.9. The van der Waals surface area contributed by atoms with Gasteiger partial charge in [-0.25, -0.2) is 9.69 Å². The van der Waals surface area contributed by atoms with Crippen molar-refractivity contribution < 1.29 is 38.6 Å². The van der Waals surface area contributed by atoms with Crippen molar-refractivity contribution in [2.45, 2.75) is 13.8 Å². The van der Waals surface area contributed by atoms with E-state index in [-0.39, 0.29) is 28.3 Å². The number of rotatable bonds is 7. The largest absolute Gasteiger partial charge is 0.478 e. The summed E-state index contributed by atoms with van der Waals surface area (Å²) in [6.45, 7) is 2.37. The number of hydrogen-bond donors (Lipinski definition) is 1. The zero-order valence-electron chi connectivity index (χ0n) is 19.3. The average Bonchev–Trinajstić information content (AvgIpc) is 2.83. The van der Waals surface area contributed by atoms with Crippen molar-refractivity contribution >= 4 is 41.5 Å². The molecule has 0 unspecified atom stereocenters. The molecule has 0 aliphatic heterocycles. The zero-order chi connectivity index (χ0) is 26.2. The molecule has 0 fully saturated rings. The number of benzene rings is 3. The smallest absolute Gasteiger partial charge is 0.328 e. The molecule has 3 aromatic carbocycles. The van der Waals surface area contributed by atoms with E-state index < -0.39 is 29.7 Å². The lowest BCUT2D eigenvalue weighted by molar-refractivity contribution is -0.132. The van der Waals surface area contributed by atoms with Crippen molar-refractivity contribution in [3.05, 3.63) is 95.6 Å².